The highest BCUT2D eigenvalue weighted by molar-refractivity contribution is 6.10. The van der Waals surface area contributed by atoms with Crippen LogP contribution in [0.4, 0.5) is 0 Å². The van der Waals surface area contributed by atoms with Gasteiger partial charge in [0, 0.05) is 17.1 Å². The molecule has 0 N–H and O–H groups in total. The number of Topliss-reactive ketones (excluding diaryl/α,β-unsaturated/α-hetero) is 1. The number of carbonyl (C=O) groups excluding carboxylic acids is 2. The van der Waals surface area contributed by atoms with Gasteiger partial charge in [-0.15, -0.1) is 0 Å². The molecular weight excluding hydrogens is 218 g/mol. The van der Waals surface area contributed by atoms with Crippen molar-refractivity contribution in [1.82, 2.24) is 4.98 Å². The molecule has 0 saturated carbocycles. The molecule has 4 nitrogen and oxygen atoms in total. The van der Waals surface area contributed by atoms with Crippen LogP contribution in [0.25, 0.3) is 10.9 Å². The number of ketones is 1. The number of carbonyl (C=O) groups is 2. The number of esters is 1. The smallest absolute Gasteiger partial charge is 0.338 e. The minimum Gasteiger partial charge on any atom is -0.465 e. The third-order valence-electron chi connectivity index (χ3n) is 2.56. The Labute approximate surface area is 98.2 Å². The van der Waals surface area contributed by atoms with Crippen molar-refractivity contribution < 1.29 is 14.3 Å². The predicted molar refractivity (Wildman–Crippen MR) is 63.1 cm³/mol. The number of hydrogen-bond donors (Lipinski definition) is 0. The van der Waals surface area contributed by atoms with Crippen LogP contribution in [0.1, 0.15) is 27.6 Å². The summed E-state index contributed by atoms with van der Waals surface area (Å²) < 4.78 is 4.69. The molecule has 0 aliphatic carbocycles. The first-order valence-corrected chi connectivity index (χ1v) is 5.12. The van der Waals surface area contributed by atoms with E-state index in [0.717, 1.165) is 0 Å². The molecule has 1 heterocycles. The predicted octanol–water partition coefficient (Wildman–Crippen LogP) is 2.22. The maximum atomic E-state index is 11.6. The third-order valence-corrected chi connectivity index (χ3v) is 2.56. The Balaban J connectivity index is 2.79. The second kappa shape index (κ2) is 4.33. The lowest BCUT2D eigenvalue weighted by molar-refractivity contribution is 0.0602. The molecule has 0 spiro atoms. The van der Waals surface area contributed by atoms with Crippen LogP contribution in [0, 0.1) is 0 Å². The number of methoxy groups -OCH3 is 1. The van der Waals surface area contributed by atoms with E-state index in [1.807, 2.05) is 0 Å². The number of para-hydroxylation sites is 1. The van der Waals surface area contributed by atoms with Crippen LogP contribution < -0.4 is 0 Å². The fourth-order valence-electron chi connectivity index (χ4n) is 1.75. The van der Waals surface area contributed by atoms with Crippen LogP contribution in [0.15, 0.2) is 30.5 Å². The Bertz CT molecular complexity index is 605. The van der Waals surface area contributed by atoms with Gasteiger partial charge in [0.1, 0.15) is 0 Å². The Morgan fingerprint density at radius 1 is 1.18 bits per heavy atom. The molecule has 0 radical (unpaired) electrons. The number of benzene rings is 1. The first kappa shape index (κ1) is 11.3. The molecule has 2 rings (SSSR count). The van der Waals surface area contributed by atoms with Gasteiger partial charge in [0.25, 0.3) is 0 Å². The van der Waals surface area contributed by atoms with Crippen LogP contribution in [0.3, 0.4) is 0 Å². The van der Waals surface area contributed by atoms with Crippen LogP contribution in [0.2, 0.25) is 0 Å². The van der Waals surface area contributed by atoms with E-state index in [0.29, 0.717) is 22.0 Å². The third kappa shape index (κ3) is 1.89. The lowest BCUT2D eigenvalue weighted by Crippen LogP contribution is -2.04. The molecule has 0 aliphatic rings. The second-order valence-electron chi connectivity index (χ2n) is 3.61. The monoisotopic (exact) mass is 229 g/mol. The molecule has 0 saturated heterocycles. The van der Waals surface area contributed by atoms with Crippen molar-refractivity contribution in [3.8, 4) is 0 Å². The zero-order chi connectivity index (χ0) is 12.4. The number of pyridine rings is 1. The van der Waals surface area contributed by atoms with E-state index in [9.17, 15) is 9.59 Å². The fourth-order valence-corrected chi connectivity index (χ4v) is 1.75. The minimum absolute atomic E-state index is 0.0786. The number of fused-ring (bicyclic) bond motifs is 1. The van der Waals surface area contributed by atoms with Gasteiger partial charge in [-0.3, -0.25) is 9.78 Å². The summed E-state index contributed by atoms with van der Waals surface area (Å²) in [5.74, 6) is -0.511. The molecule has 17 heavy (non-hydrogen) atoms. The molecule has 4 heteroatoms. The van der Waals surface area contributed by atoms with Crippen molar-refractivity contribution in [2.24, 2.45) is 0 Å². The van der Waals surface area contributed by atoms with Gasteiger partial charge in [0.15, 0.2) is 5.78 Å². The van der Waals surface area contributed by atoms with Crippen molar-refractivity contribution in [3.63, 3.8) is 0 Å². The van der Waals surface area contributed by atoms with E-state index in [1.165, 1.54) is 20.2 Å². The Hall–Kier alpha value is -2.23. The van der Waals surface area contributed by atoms with Gasteiger partial charge < -0.3 is 4.74 Å². The van der Waals surface area contributed by atoms with Crippen molar-refractivity contribution >= 4 is 22.7 Å². The summed E-state index contributed by atoms with van der Waals surface area (Å²) in [5.41, 5.74) is 1.46. The van der Waals surface area contributed by atoms with E-state index in [-0.39, 0.29) is 5.78 Å². The topological polar surface area (TPSA) is 56.3 Å². The minimum atomic E-state index is -0.432. The van der Waals surface area contributed by atoms with E-state index in [4.69, 9.17) is 4.74 Å². The molecule has 86 valence electrons. The summed E-state index contributed by atoms with van der Waals surface area (Å²) in [6.07, 6.45) is 1.50. The molecular formula is C13H11NO3. The number of aromatic nitrogens is 1. The number of rotatable bonds is 2. The lowest BCUT2D eigenvalue weighted by Gasteiger charge is -2.06. The standard InChI is InChI=1S/C13H11NO3/c1-8(15)9-4-3-5-10-11(13(16)17-2)6-7-14-12(9)10/h3-7H,1-2H3. The number of hydrogen-bond acceptors (Lipinski definition) is 4. The quantitative estimate of drug-likeness (QED) is 0.585. The van der Waals surface area contributed by atoms with Gasteiger partial charge >= 0.3 is 5.97 Å². The van der Waals surface area contributed by atoms with E-state index in [2.05, 4.69) is 4.98 Å². The molecule has 0 bridgehead atoms. The molecule has 2 aromatic rings. The highest BCUT2D eigenvalue weighted by Crippen LogP contribution is 2.21. The summed E-state index contributed by atoms with van der Waals surface area (Å²) in [5, 5.41) is 0.632. The molecule has 0 unspecified atom stereocenters. The Kier molecular flexibility index (Phi) is 2.87. The highest BCUT2D eigenvalue weighted by atomic mass is 16.5. The van der Waals surface area contributed by atoms with Crippen molar-refractivity contribution in [3.05, 3.63) is 41.6 Å². The average molecular weight is 229 g/mol. The zero-order valence-electron chi connectivity index (χ0n) is 9.56. The normalized spacial score (nSPS) is 10.2. The summed E-state index contributed by atoms with van der Waals surface area (Å²) in [6, 6.07) is 6.75. The summed E-state index contributed by atoms with van der Waals surface area (Å²) >= 11 is 0. The van der Waals surface area contributed by atoms with E-state index in [1.54, 1.807) is 24.3 Å². The fraction of sp³-hybridized carbons (Fsp3) is 0.154. The van der Waals surface area contributed by atoms with Crippen LogP contribution in [0.5, 0.6) is 0 Å². The van der Waals surface area contributed by atoms with Gasteiger partial charge in [-0.25, -0.2) is 4.79 Å². The van der Waals surface area contributed by atoms with Crippen molar-refractivity contribution in [2.75, 3.05) is 7.11 Å². The van der Waals surface area contributed by atoms with Crippen molar-refractivity contribution in [2.45, 2.75) is 6.92 Å². The molecule has 1 aromatic heterocycles. The van der Waals surface area contributed by atoms with Crippen LogP contribution >= 0.6 is 0 Å². The Morgan fingerprint density at radius 3 is 2.59 bits per heavy atom. The summed E-state index contributed by atoms with van der Waals surface area (Å²) in [6.45, 7) is 1.47. The van der Waals surface area contributed by atoms with Gasteiger partial charge in [0.2, 0.25) is 0 Å². The largest absolute Gasteiger partial charge is 0.465 e. The van der Waals surface area contributed by atoms with Gasteiger partial charge in [0.05, 0.1) is 18.2 Å². The number of ether oxygens (including phenoxy) is 1. The molecule has 1 aromatic carbocycles. The number of nitrogens with zero attached hydrogens (tertiary/aromatic N) is 1. The summed E-state index contributed by atoms with van der Waals surface area (Å²) in [7, 11) is 1.32. The first-order chi connectivity index (χ1) is 8.15. The highest BCUT2D eigenvalue weighted by Gasteiger charge is 2.13. The Morgan fingerprint density at radius 2 is 1.94 bits per heavy atom. The first-order valence-electron chi connectivity index (χ1n) is 5.12. The maximum Gasteiger partial charge on any atom is 0.338 e. The maximum absolute atomic E-state index is 11.6. The van der Waals surface area contributed by atoms with Gasteiger partial charge in [-0.2, -0.15) is 0 Å². The van der Waals surface area contributed by atoms with Crippen LogP contribution in [-0.2, 0) is 4.74 Å². The van der Waals surface area contributed by atoms with Crippen molar-refractivity contribution in [1.29, 1.82) is 0 Å². The summed E-state index contributed by atoms with van der Waals surface area (Å²) in [4.78, 5) is 27.2. The molecule has 0 aliphatic heterocycles. The molecule has 0 amide bonds. The average Bonchev–Trinajstić information content (AvgIpc) is 2.36. The lowest BCUT2D eigenvalue weighted by atomic mass is 10.0. The van der Waals surface area contributed by atoms with Crippen LogP contribution in [-0.4, -0.2) is 23.8 Å². The van der Waals surface area contributed by atoms with Gasteiger partial charge in [-0.1, -0.05) is 12.1 Å². The molecule has 0 atom stereocenters. The SMILES string of the molecule is COC(=O)c1ccnc2c(C(C)=O)cccc12. The van der Waals surface area contributed by atoms with Gasteiger partial charge in [-0.05, 0) is 19.1 Å². The van der Waals surface area contributed by atoms with E-state index < -0.39 is 5.97 Å². The second-order valence-corrected chi connectivity index (χ2v) is 3.61. The van der Waals surface area contributed by atoms with E-state index >= 15 is 0 Å². The molecule has 0 fully saturated rings. The zero-order valence-corrected chi connectivity index (χ0v) is 9.56.